The molecule has 17 heavy (non-hydrogen) atoms. The molecule has 1 heterocycles. The Labute approximate surface area is 106 Å². The van der Waals surface area contributed by atoms with E-state index in [1.165, 1.54) is 24.5 Å². The highest BCUT2D eigenvalue weighted by Gasteiger charge is 2.20. The molecule has 90 valence electrons. The molecule has 2 rings (SSSR count). The molecule has 0 saturated heterocycles. The van der Waals surface area contributed by atoms with Gasteiger partial charge in [-0.3, -0.25) is 0 Å². The number of pyridine rings is 1. The van der Waals surface area contributed by atoms with Crippen LogP contribution in [0.3, 0.4) is 0 Å². The number of benzene rings is 1. The van der Waals surface area contributed by atoms with E-state index in [-0.39, 0.29) is 17.3 Å². The second-order valence-corrected chi connectivity index (χ2v) is 4.61. The molecule has 0 radical (unpaired) electrons. The molecular formula is C11H10ClNO3S. The predicted molar refractivity (Wildman–Crippen MR) is 56.8 cm³/mol. The quantitative estimate of drug-likeness (QED) is 0.595. The summed E-state index contributed by atoms with van der Waals surface area (Å²) in [6.45, 7) is 0. The van der Waals surface area contributed by atoms with Gasteiger partial charge in [0.05, 0.1) is 0 Å². The molecule has 0 bridgehead atoms. The molecule has 2 aromatic rings. The standard InChI is InChI=1S/C11H10NO3S.ClH/c13-16(14,11-7-3-1-4-8-11)15-12-9-5-2-6-10-12;/h1-10H;1H/q+1;/p-1. The van der Waals surface area contributed by atoms with E-state index in [0.717, 1.165) is 4.73 Å². The lowest BCUT2D eigenvalue weighted by atomic mass is 10.4. The highest BCUT2D eigenvalue weighted by molar-refractivity contribution is 7.86. The molecule has 0 atom stereocenters. The summed E-state index contributed by atoms with van der Waals surface area (Å²) in [5.41, 5.74) is 0. The van der Waals surface area contributed by atoms with Gasteiger partial charge in [0, 0.05) is 16.9 Å². The number of hydrogen-bond donors (Lipinski definition) is 0. The van der Waals surface area contributed by atoms with Crippen LogP contribution < -0.4 is 21.4 Å². The van der Waals surface area contributed by atoms with Gasteiger partial charge < -0.3 is 12.4 Å². The van der Waals surface area contributed by atoms with Crippen LogP contribution in [-0.4, -0.2) is 8.42 Å². The van der Waals surface area contributed by atoms with Crippen molar-refractivity contribution < 1.29 is 29.8 Å². The first-order valence-electron chi connectivity index (χ1n) is 4.65. The van der Waals surface area contributed by atoms with Crippen molar-refractivity contribution in [1.82, 2.24) is 0 Å². The molecule has 0 unspecified atom stereocenters. The summed E-state index contributed by atoms with van der Waals surface area (Å²) in [7, 11) is -3.75. The van der Waals surface area contributed by atoms with Crippen molar-refractivity contribution in [3.8, 4) is 0 Å². The first kappa shape index (κ1) is 13.5. The minimum absolute atomic E-state index is 0. The van der Waals surface area contributed by atoms with Gasteiger partial charge in [0.25, 0.3) is 0 Å². The van der Waals surface area contributed by atoms with E-state index in [2.05, 4.69) is 0 Å². The third-order valence-electron chi connectivity index (χ3n) is 1.90. The third-order valence-corrected chi connectivity index (χ3v) is 3.12. The maximum atomic E-state index is 11.8. The molecule has 0 aliphatic heterocycles. The number of nitrogens with zero attached hydrogens (tertiary/aromatic N) is 1. The topological polar surface area (TPSA) is 47.3 Å². The summed E-state index contributed by atoms with van der Waals surface area (Å²) in [4.78, 5) is 0.131. The van der Waals surface area contributed by atoms with Gasteiger partial charge >= 0.3 is 10.1 Å². The molecule has 0 fully saturated rings. The summed E-state index contributed by atoms with van der Waals surface area (Å²) in [5, 5.41) is 0. The van der Waals surface area contributed by atoms with Gasteiger partial charge in [0.1, 0.15) is 4.90 Å². The van der Waals surface area contributed by atoms with E-state index < -0.39 is 10.1 Å². The minimum Gasteiger partial charge on any atom is -1.00 e. The van der Waals surface area contributed by atoms with E-state index in [4.69, 9.17) is 4.28 Å². The van der Waals surface area contributed by atoms with Gasteiger partial charge in [0.15, 0.2) is 0 Å². The largest absolute Gasteiger partial charge is 1.00 e. The van der Waals surface area contributed by atoms with Gasteiger partial charge in [-0.1, -0.05) is 24.3 Å². The molecule has 0 aliphatic carbocycles. The Balaban J connectivity index is 0.00000144. The Kier molecular flexibility index (Phi) is 4.48. The molecular weight excluding hydrogens is 262 g/mol. The van der Waals surface area contributed by atoms with E-state index >= 15 is 0 Å². The van der Waals surface area contributed by atoms with Gasteiger partial charge in [-0.2, -0.15) is 8.42 Å². The van der Waals surface area contributed by atoms with Crippen molar-refractivity contribution in [2.75, 3.05) is 0 Å². The van der Waals surface area contributed by atoms with E-state index in [1.807, 2.05) is 0 Å². The SMILES string of the molecule is O=S(=O)(O[n+]1ccccc1)c1ccccc1.[Cl-]. The van der Waals surface area contributed by atoms with Gasteiger partial charge in [-0.25, -0.2) is 0 Å². The number of rotatable bonds is 3. The highest BCUT2D eigenvalue weighted by atomic mass is 35.5. The van der Waals surface area contributed by atoms with Gasteiger partial charge in [-0.15, -0.1) is 4.28 Å². The summed E-state index contributed by atoms with van der Waals surface area (Å²) in [6.07, 6.45) is 3.03. The number of aromatic nitrogens is 1. The fourth-order valence-electron chi connectivity index (χ4n) is 1.18. The molecule has 1 aromatic carbocycles. The van der Waals surface area contributed by atoms with Crippen LogP contribution in [0.15, 0.2) is 65.8 Å². The highest BCUT2D eigenvalue weighted by Crippen LogP contribution is 2.06. The minimum atomic E-state index is -3.75. The molecule has 0 saturated carbocycles. The average Bonchev–Trinajstić information content (AvgIpc) is 2.31. The summed E-state index contributed by atoms with van der Waals surface area (Å²) >= 11 is 0. The predicted octanol–water partition coefficient (Wildman–Crippen LogP) is -2.20. The zero-order valence-electron chi connectivity index (χ0n) is 8.73. The average molecular weight is 272 g/mol. The first-order chi connectivity index (χ1) is 7.68. The lowest BCUT2D eigenvalue weighted by Crippen LogP contribution is -3.00. The van der Waals surface area contributed by atoms with Crippen molar-refractivity contribution in [3.63, 3.8) is 0 Å². The van der Waals surface area contributed by atoms with Crippen LogP contribution in [0, 0.1) is 0 Å². The smallest absolute Gasteiger partial charge is 0.396 e. The molecule has 6 heteroatoms. The summed E-state index contributed by atoms with van der Waals surface area (Å²) in [6, 6.07) is 13.1. The summed E-state index contributed by atoms with van der Waals surface area (Å²) in [5.74, 6) is 0. The van der Waals surface area contributed by atoms with Crippen LogP contribution in [0.1, 0.15) is 0 Å². The Morgan fingerprint density at radius 1 is 0.882 bits per heavy atom. The van der Waals surface area contributed by atoms with Gasteiger partial charge in [0.2, 0.25) is 12.4 Å². The molecule has 0 amide bonds. The lowest BCUT2D eigenvalue weighted by Gasteiger charge is -1.99. The maximum absolute atomic E-state index is 11.8. The molecule has 0 N–H and O–H groups in total. The zero-order chi connectivity index (χ0) is 11.4. The second-order valence-electron chi connectivity index (χ2n) is 3.08. The Hall–Kier alpha value is -1.59. The number of hydrogen-bond acceptors (Lipinski definition) is 3. The van der Waals surface area contributed by atoms with Crippen molar-refractivity contribution in [1.29, 1.82) is 0 Å². The van der Waals surface area contributed by atoms with Crippen molar-refractivity contribution in [2.24, 2.45) is 0 Å². The van der Waals surface area contributed by atoms with Crippen LogP contribution in [0.4, 0.5) is 0 Å². The molecule has 4 nitrogen and oxygen atoms in total. The van der Waals surface area contributed by atoms with E-state index in [1.54, 1.807) is 36.4 Å². The zero-order valence-corrected chi connectivity index (χ0v) is 10.3. The fourth-order valence-corrected chi connectivity index (χ4v) is 2.08. The maximum Gasteiger partial charge on any atom is 0.396 e. The first-order valence-corrected chi connectivity index (χ1v) is 6.06. The molecule has 0 aliphatic rings. The Bertz CT molecular complexity index is 558. The fraction of sp³-hybridized carbons (Fsp3) is 0. The van der Waals surface area contributed by atoms with Crippen molar-refractivity contribution in [2.45, 2.75) is 4.90 Å². The normalized spacial score (nSPS) is 10.4. The second kappa shape index (κ2) is 5.65. The van der Waals surface area contributed by atoms with Crippen molar-refractivity contribution >= 4 is 10.1 Å². The molecule has 1 aromatic heterocycles. The van der Waals surface area contributed by atoms with Crippen LogP contribution >= 0.6 is 0 Å². The Morgan fingerprint density at radius 2 is 1.41 bits per heavy atom. The number of halogens is 1. The van der Waals surface area contributed by atoms with Crippen LogP contribution in [-0.2, 0) is 10.1 Å². The lowest BCUT2D eigenvalue weighted by molar-refractivity contribution is -0.856. The summed E-state index contributed by atoms with van der Waals surface area (Å²) < 4.78 is 29.5. The van der Waals surface area contributed by atoms with Crippen LogP contribution in [0.2, 0.25) is 0 Å². The van der Waals surface area contributed by atoms with Crippen LogP contribution in [0.25, 0.3) is 0 Å². The van der Waals surface area contributed by atoms with E-state index in [9.17, 15) is 8.42 Å². The molecule has 0 spiro atoms. The van der Waals surface area contributed by atoms with Crippen molar-refractivity contribution in [3.05, 3.63) is 60.9 Å². The monoisotopic (exact) mass is 271 g/mol. The third kappa shape index (κ3) is 3.44. The Morgan fingerprint density at radius 3 is 2.00 bits per heavy atom. The van der Waals surface area contributed by atoms with Crippen LogP contribution in [0.5, 0.6) is 0 Å². The van der Waals surface area contributed by atoms with Gasteiger partial charge in [-0.05, 0) is 12.1 Å². The van der Waals surface area contributed by atoms with E-state index in [0.29, 0.717) is 0 Å².